The highest BCUT2D eigenvalue weighted by Crippen LogP contribution is 2.07. The average molecular weight is 229 g/mol. The molecule has 0 rings (SSSR count). The van der Waals surface area contributed by atoms with Crippen LogP contribution < -0.4 is 5.32 Å². The number of hydrogen-bond acceptors (Lipinski definition) is 2. The molecule has 16 heavy (non-hydrogen) atoms. The van der Waals surface area contributed by atoms with Crippen molar-refractivity contribution in [2.75, 3.05) is 6.54 Å². The summed E-state index contributed by atoms with van der Waals surface area (Å²) >= 11 is 0. The summed E-state index contributed by atoms with van der Waals surface area (Å²) in [7, 11) is 0. The third kappa shape index (κ3) is 9.97. The van der Waals surface area contributed by atoms with E-state index in [1.54, 1.807) is 0 Å². The number of carbonyl (C=O) groups is 1. The van der Waals surface area contributed by atoms with Crippen LogP contribution in [-0.2, 0) is 4.79 Å². The van der Waals surface area contributed by atoms with Gasteiger partial charge in [-0.3, -0.25) is 4.79 Å². The van der Waals surface area contributed by atoms with Gasteiger partial charge in [0.05, 0.1) is 0 Å². The van der Waals surface area contributed by atoms with Crippen LogP contribution in [0.15, 0.2) is 0 Å². The molecule has 0 fully saturated rings. The van der Waals surface area contributed by atoms with Crippen LogP contribution in [0.3, 0.4) is 0 Å². The van der Waals surface area contributed by atoms with Crippen molar-refractivity contribution in [3.8, 4) is 0 Å². The zero-order valence-corrected chi connectivity index (χ0v) is 10.8. The molecule has 0 aromatic carbocycles. The van der Waals surface area contributed by atoms with Crippen LogP contribution >= 0.6 is 0 Å². The largest absolute Gasteiger partial charge is 0.384 e. The van der Waals surface area contributed by atoms with E-state index in [9.17, 15) is 4.79 Å². The zero-order chi connectivity index (χ0) is 12.2. The van der Waals surface area contributed by atoms with Gasteiger partial charge in [0.1, 0.15) is 6.10 Å². The van der Waals surface area contributed by atoms with Crippen molar-refractivity contribution in [3.05, 3.63) is 0 Å². The molecule has 0 heterocycles. The van der Waals surface area contributed by atoms with Crippen molar-refractivity contribution in [2.24, 2.45) is 0 Å². The SMILES string of the molecule is CCCCCCCCCCNC(=O)[C@@H](C)O. The van der Waals surface area contributed by atoms with E-state index in [1.807, 2.05) is 0 Å². The lowest BCUT2D eigenvalue weighted by Gasteiger charge is -2.06. The molecule has 0 aliphatic carbocycles. The molecule has 0 saturated carbocycles. The molecule has 0 radical (unpaired) electrons. The molecule has 1 amide bonds. The van der Waals surface area contributed by atoms with E-state index in [0.717, 1.165) is 6.42 Å². The van der Waals surface area contributed by atoms with Gasteiger partial charge in [0.2, 0.25) is 5.91 Å². The minimum Gasteiger partial charge on any atom is -0.384 e. The highest BCUT2D eigenvalue weighted by atomic mass is 16.3. The van der Waals surface area contributed by atoms with Gasteiger partial charge < -0.3 is 10.4 Å². The van der Waals surface area contributed by atoms with Gasteiger partial charge in [-0.25, -0.2) is 0 Å². The van der Waals surface area contributed by atoms with Crippen LogP contribution in [0.5, 0.6) is 0 Å². The Morgan fingerprint density at radius 3 is 2.06 bits per heavy atom. The minimum absolute atomic E-state index is 0.261. The van der Waals surface area contributed by atoms with Gasteiger partial charge in [-0.15, -0.1) is 0 Å². The second kappa shape index (κ2) is 10.9. The molecule has 3 heteroatoms. The van der Waals surface area contributed by atoms with Crippen LogP contribution in [0.4, 0.5) is 0 Å². The Morgan fingerprint density at radius 2 is 1.56 bits per heavy atom. The van der Waals surface area contributed by atoms with Gasteiger partial charge in [-0.1, -0.05) is 51.9 Å². The van der Waals surface area contributed by atoms with E-state index in [4.69, 9.17) is 5.11 Å². The summed E-state index contributed by atoms with van der Waals surface area (Å²) in [6, 6.07) is 0. The van der Waals surface area contributed by atoms with Crippen molar-refractivity contribution in [2.45, 2.75) is 71.3 Å². The summed E-state index contributed by atoms with van der Waals surface area (Å²) in [4.78, 5) is 11.0. The molecule has 1 atom stereocenters. The topological polar surface area (TPSA) is 49.3 Å². The van der Waals surface area contributed by atoms with Gasteiger partial charge in [0.25, 0.3) is 0 Å². The molecule has 0 unspecified atom stereocenters. The number of aliphatic hydroxyl groups is 1. The quantitative estimate of drug-likeness (QED) is 0.566. The summed E-state index contributed by atoms with van der Waals surface area (Å²) in [6.45, 7) is 4.41. The molecular weight excluding hydrogens is 202 g/mol. The number of nitrogens with one attached hydrogen (secondary N) is 1. The van der Waals surface area contributed by atoms with Gasteiger partial charge in [-0.2, -0.15) is 0 Å². The highest BCUT2D eigenvalue weighted by Gasteiger charge is 2.06. The van der Waals surface area contributed by atoms with Crippen molar-refractivity contribution in [3.63, 3.8) is 0 Å². The predicted octanol–water partition coefficient (Wildman–Crippen LogP) is 2.62. The maximum Gasteiger partial charge on any atom is 0.248 e. The first-order chi connectivity index (χ1) is 7.68. The second-order valence-corrected chi connectivity index (χ2v) is 4.44. The fourth-order valence-electron chi connectivity index (χ4n) is 1.62. The van der Waals surface area contributed by atoms with Crippen LogP contribution in [-0.4, -0.2) is 23.7 Å². The molecule has 0 saturated heterocycles. The maximum atomic E-state index is 11.0. The minimum atomic E-state index is -0.881. The van der Waals surface area contributed by atoms with E-state index in [1.165, 1.54) is 51.9 Å². The number of aliphatic hydroxyl groups excluding tert-OH is 1. The van der Waals surface area contributed by atoms with Gasteiger partial charge in [0, 0.05) is 6.54 Å². The Balaban J connectivity index is 3.07. The molecule has 0 aromatic rings. The summed E-state index contributed by atoms with van der Waals surface area (Å²) < 4.78 is 0. The molecule has 3 nitrogen and oxygen atoms in total. The lowest BCUT2D eigenvalue weighted by Crippen LogP contribution is -2.33. The fourth-order valence-corrected chi connectivity index (χ4v) is 1.62. The Hall–Kier alpha value is -0.570. The standard InChI is InChI=1S/C13H27NO2/c1-3-4-5-6-7-8-9-10-11-14-13(16)12(2)15/h12,15H,3-11H2,1-2H3,(H,14,16)/t12-/m1/s1. The van der Waals surface area contributed by atoms with E-state index in [2.05, 4.69) is 12.2 Å². The summed E-state index contributed by atoms with van der Waals surface area (Å²) in [5.74, 6) is -0.261. The second-order valence-electron chi connectivity index (χ2n) is 4.44. The van der Waals surface area contributed by atoms with E-state index in [-0.39, 0.29) is 5.91 Å². The van der Waals surface area contributed by atoms with Gasteiger partial charge >= 0.3 is 0 Å². The summed E-state index contributed by atoms with van der Waals surface area (Å²) in [5, 5.41) is 11.6. The molecule has 0 aliphatic heterocycles. The third-order valence-electron chi connectivity index (χ3n) is 2.71. The first kappa shape index (κ1) is 15.4. The smallest absolute Gasteiger partial charge is 0.248 e. The van der Waals surface area contributed by atoms with Crippen LogP contribution in [0, 0.1) is 0 Å². The van der Waals surface area contributed by atoms with Crippen LogP contribution in [0.2, 0.25) is 0 Å². The van der Waals surface area contributed by atoms with Crippen molar-refractivity contribution >= 4 is 5.91 Å². The third-order valence-corrected chi connectivity index (χ3v) is 2.71. The Labute approximate surface area is 99.6 Å². The van der Waals surface area contributed by atoms with Crippen molar-refractivity contribution in [1.29, 1.82) is 0 Å². The van der Waals surface area contributed by atoms with E-state index >= 15 is 0 Å². The van der Waals surface area contributed by atoms with Gasteiger partial charge in [0.15, 0.2) is 0 Å². The Bertz CT molecular complexity index is 169. The molecule has 0 aromatic heterocycles. The zero-order valence-electron chi connectivity index (χ0n) is 10.8. The fraction of sp³-hybridized carbons (Fsp3) is 0.923. The van der Waals surface area contributed by atoms with Crippen LogP contribution in [0.1, 0.15) is 65.2 Å². The normalized spacial score (nSPS) is 12.4. The number of hydrogen-bond donors (Lipinski definition) is 2. The Kier molecular flexibility index (Phi) is 10.5. The molecule has 0 spiro atoms. The predicted molar refractivity (Wildman–Crippen MR) is 67.3 cm³/mol. The Morgan fingerprint density at radius 1 is 1.06 bits per heavy atom. The molecular formula is C13H27NO2. The number of rotatable bonds is 10. The number of unbranched alkanes of at least 4 members (excludes halogenated alkanes) is 7. The summed E-state index contributed by atoms with van der Waals surface area (Å²) in [5.41, 5.74) is 0. The monoisotopic (exact) mass is 229 g/mol. The molecule has 96 valence electrons. The molecule has 0 bridgehead atoms. The highest BCUT2D eigenvalue weighted by molar-refractivity contribution is 5.79. The van der Waals surface area contributed by atoms with E-state index < -0.39 is 6.10 Å². The first-order valence-electron chi connectivity index (χ1n) is 6.64. The average Bonchev–Trinajstić information content (AvgIpc) is 2.26. The van der Waals surface area contributed by atoms with E-state index in [0.29, 0.717) is 6.54 Å². The molecule has 0 aliphatic rings. The molecule has 2 N–H and O–H groups in total. The number of amides is 1. The van der Waals surface area contributed by atoms with Crippen molar-refractivity contribution in [1.82, 2.24) is 5.32 Å². The van der Waals surface area contributed by atoms with Gasteiger partial charge in [-0.05, 0) is 13.3 Å². The number of carbonyl (C=O) groups excluding carboxylic acids is 1. The van der Waals surface area contributed by atoms with Crippen LogP contribution in [0.25, 0.3) is 0 Å². The lowest BCUT2D eigenvalue weighted by atomic mass is 10.1. The first-order valence-corrected chi connectivity index (χ1v) is 6.64. The summed E-state index contributed by atoms with van der Waals surface area (Å²) in [6.07, 6.45) is 9.23. The lowest BCUT2D eigenvalue weighted by molar-refractivity contribution is -0.128. The maximum absolute atomic E-state index is 11.0. The van der Waals surface area contributed by atoms with Crippen molar-refractivity contribution < 1.29 is 9.90 Å².